The van der Waals surface area contributed by atoms with Gasteiger partial charge >= 0.3 is 12.1 Å². The zero-order valence-electron chi connectivity index (χ0n) is 14.2. The number of likely N-dealkylation sites (N-methyl/N-ethyl adjacent to an activating group) is 1. The molecule has 26 heavy (non-hydrogen) atoms. The van der Waals surface area contributed by atoms with Gasteiger partial charge in [-0.2, -0.15) is 13.2 Å². The van der Waals surface area contributed by atoms with Gasteiger partial charge in [0.2, 0.25) is 5.91 Å². The summed E-state index contributed by atoms with van der Waals surface area (Å²) in [5, 5.41) is 0. The SMILES string of the molecule is COc1cccc(N(CC(=O)N(C)c2ccccc2)C(=O)C(F)(F)F)c1. The molecule has 138 valence electrons. The van der Waals surface area contributed by atoms with Crippen LogP contribution >= 0.6 is 0 Å². The van der Waals surface area contributed by atoms with Gasteiger partial charge in [-0.15, -0.1) is 0 Å². The van der Waals surface area contributed by atoms with Gasteiger partial charge in [0.15, 0.2) is 0 Å². The second-order valence-electron chi connectivity index (χ2n) is 5.38. The molecule has 2 aromatic carbocycles. The number of carbonyl (C=O) groups excluding carboxylic acids is 2. The number of nitrogens with zero attached hydrogens (tertiary/aromatic N) is 2. The highest BCUT2D eigenvalue weighted by Gasteiger charge is 2.44. The van der Waals surface area contributed by atoms with Crippen LogP contribution < -0.4 is 14.5 Å². The average molecular weight is 366 g/mol. The molecule has 0 radical (unpaired) electrons. The van der Waals surface area contributed by atoms with Crippen molar-refractivity contribution in [1.82, 2.24) is 0 Å². The van der Waals surface area contributed by atoms with E-state index in [4.69, 9.17) is 4.74 Å². The van der Waals surface area contributed by atoms with Crippen molar-refractivity contribution in [1.29, 1.82) is 0 Å². The number of ether oxygens (including phenoxy) is 1. The predicted octanol–water partition coefficient (Wildman–Crippen LogP) is 3.25. The molecule has 2 aromatic rings. The fourth-order valence-corrected chi connectivity index (χ4v) is 2.25. The van der Waals surface area contributed by atoms with E-state index in [-0.39, 0.29) is 11.4 Å². The number of amides is 2. The van der Waals surface area contributed by atoms with Gasteiger partial charge in [0.25, 0.3) is 0 Å². The van der Waals surface area contributed by atoms with Crippen LogP contribution in [0.15, 0.2) is 54.6 Å². The quantitative estimate of drug-likeness (QED) is 0.816. The van der Waals surface area contributed by atoms with Crippen molar-refractivity contribution in [3.63, 3.8) is 0 Å². The minimum atomic E-state index is -5.12. The first-order chi connectivity index (χ1) is 12.2. The van der Waals surface area contributed by atoms with E-state index in [9.17, 15) is 22.8 Å². The second kappa shape index (κ2) is 7.90. The Bertz CT molecular complexity index is 779. The lowest BCUT2D eigenvalue weighted by Crippen LogP contribution is -2.47. The van der Waals surface area contributed by atoms with Crippen molar-refractivity contribution in [3.8, 4) is 5.75 Å². The topological polar surface area (TPSA) is 49.9 Å². The fourth-order valence-electron chi connectivity index (χ4n) is 2.25. The highest BCUT2D eigenvalue weighted by Crippen LogP contribution is 2.27. The Morgan fingerprint density at radius 3 is 2.19 bits per heavy atom. The van der Waals surface area contributed by atoms with Crippen molar-refractivity contribution >= 4 is 23.2 Å². The van der Waals surface area contributed by atoms with Gasteiger partial charge in [0.05, 0.1) is 7.11 Å². The molecule has 0 spiro atoms. The Morgan fingerprint density at radius 1 is 1.00 bits per heavy atom. The van der Waals surface area contributed by atoms with E-state index in [1.807, 2.05) is 0 Å². The van der Waals surface area contributed by atoms with Crippen LogP contribution in [-0.4, -0.2) is 38.7 Å². The fraction of sp³-hybridized carbons (Fsp3) is 0.222. The lowest BCUT2D eigenvalue weighted by molar-refractivity contribution is -0.170. The van der Waals surface area contributed by atoms with Gasteiger partial charge in [0.1, 0.15) is 12.3 Å². The van der Waals surface area contributed by atoms with Crippen molar-refractivity contribution in [2.45, 2.75) is 6.18 Å². The Kier molecular flexibility index (Phi) is 5.86. The maximum absolute atomic E-state index is 13.0. The highest BCUT2D eigenvalue weighted by molar-refractivity contribution is 6.05. The minimum absolute atomic E-state index is 0.0820. The molecule has 2 rings (SSSR count). The first-order valence-electron chi connectivity index (χ1n) is 7.58. The minimum Gasteiger partial charge on any atom is -0.497 e. The molecule has 0 saturated heterocycles. The lowest BCUT2D eigenvalue weighted by atomic mass is 10.2. The zero-order valence-corrected chi connectivity index (χ0v) is 14.2. The molecule has 8 heteroatoms. The molecule has 0 N–H and O–H groups in total. The molecule has 0 bridgehead atoms. The largest absolute Gasteiger partial charge is 0.497 e. The van der Waals surface area contributed by atoms with Gasteiger partial charge in [-0.25, -0.2) is 0 Å². The summed E-state index contributed by atoms with van der Waals surface area (Å²) in [6.07, 6.45) is -5.12. The summed E-state index contributed by atoms with van der Waals surface area (Å²) in [4.78, 5) is 25.9. The predicted molar refractivity (Wildman–Crippen MR) is 91.3 cm³/mol. The Labute approximate surface area is 148 Å². The number of alkyl halides is 3. The highest BCUT2D eigenvalue weighted by atomic mass is 19.4. The summed E-state index contributed by atoms with van der Waals surface area (Å²) in [6.45, 7) is -0.767. The lowest BCUT2D eigenvalue weighted by Gasteiger charge is -2.26. The third kappa shape index (κ3) is 4.53. The molecule has 0 aliphatic heterocycles. The van der Waals surface area contributed by atoms with E-state index in [1.165, 1.54) is 43.3 Å². The standard InChI is InChI=1S/C18H17F3N2O3/c1-22(13-7-4-3-5-8-13)16(24)12-23(17(25)18(19,20)21)14-9-6-10-15(11-14)26-2/h3-11H,12H2,1-2H3. The second-order valence-corrected chi connectivity index (χ2v) is 5.38. The molecule has 0 fully saturated rings. The third-order valence-corrected chi connectivity index (χ3v) is 3.66. The van der Waals surface area contributed by atoms with E-state index < -0.39 is 24.5 Å². The maximum atomic E-state index is 13.0. The van der Waals surface area contributed by atoms with Gasteiger partial charge < -0.3 is 9.64 Å². The van der Waals surface area contributed by atoms with Crippen LogP contribution in [0.4, 0.5) is 24.5 Å². The molecule has 0 unspecified atom stereocenters. The van der Waals surface area contributed by atoms with E-state index in [1.54, 1.807) is 30.3 Å². The number of rotatable bonds is 5. The zero-order chi connectivity index (χ0) is 19.3. The Balaban J connectivity index is 2.32. The summed E-state index contributed by atoms with van der Waals surface area (Å²) in [5.74, 6) is -2.52. The summed E-state index contributed by atoms with van der Waals surface area (Å²) in [7, 11) is 2.78. The van der Waals surface area contributed by atoms with E-state index >= 15 is 0 Å². The van der Waals surface area contributed by atoms with Crippen LogP contribution in [-0.2, 0) is 9.59 Å². The summed E-state index contributed by atoms with van der Waals surface area (Å²) in [6, 6.07) is 13.9. The number of carbonyl (C=O) groups is 2. The van der Waals surface area contributed by atoms with Crippen LogP contribution in [0.25, 0.3) is 0 Å². The molecule has 0 aliphatic carbocycles. The number of hydrogen-bond acceptors (Lipinski definition) is 3. The number of hydrogen-bond donors (Lipinski definition) is 0. The smallest absolute Gasteiger partial charge is 0.471 e. The monoisotopic (exact) mass is 366 g/mol. The van der Waals surface area contributed by atoms with Gasteiger partial charge in [-0.1, -0.05) is 24.3 Å². The van der Waals surface area contributed by atoms with Crippen LogP contribution in [0.3, 0.4) is 0 Å². The Hall–Kier alpha value is -3.03. The molecule has 0 heterocycles. The van der Waals surface area contributed by atoms with Crippen LogP contribution in [0.2, 0.25) is 0 Å². The third-order valence-electron chi connectivity index (χ3n) is 3.66. The number of methoxy groups -OCH3 is 1. The van der Waals surface area contributed by atoms with Crippen LogP contribution in [0.1, 0.15) is 0 Å². The van der Waals surface area contributed by atoms with Gasteiger partial charge in [-0.05, 0) is 24.3 Å². The summed E-state index contributed by atoms with van der Waals surface area (Å²) in [5.41, 5.74) is 0.420. The molecule has 2 amide bonds. The van der Waals surface area contributed by atoms with E-state index in [2.05, 4.69) is 0 Å². The van der Waals surface area contributed by atoms with Crippen LogP contribution in [0.5, 0.6) is 5.75 Å². The number of anilines is 2. The molecule has 0 aliphatic rings. The summed E-state index contributed by atoms with van der Waals surface area (Å²) >= 11 is 0. The van der Waals surface area contributed by atoms with E-state index in [0.717, 1.165) is 0 Å². The molecule has 0 saturated carbocycles. The van der Waals surface area contributed by atoms with Gasteiger partial charge in [0, 0.05) is 24.5 Å². The molecule has 5 nitrogen and oxygen atoms in total. The molecular weight excluding hydrogens is 349 g/mol. The van der Waals surface area contributed by atoms with Gasteiger partial charge in [-0.3, -0.25) is 14.5 Å². The first kappa shape index (κ1) is 19.3. The number of para-hydroxylation sites is 1. The molecule has 0 aromatic heterocycles. The number of halogens is 3. The van der Waals surface area contributed by atoms with E-state index in [0.29, 0.717) is 10.6 Å². The molecule has 0 atom stereocenters. The number of benzene rings is 2. The summed E-state index contributed by atoms with van der Waals surface area (Å²) < 4.78 is 44.0. The average Bonchev–Trinajstić information content (AvgIpc) is 2.64. The maximum Gasteiger partial charge on any atom is 0.471 e. The molecular formula is C18H17F3N2O3. The first-order valence-corrected chi connectivity index (χ1v) is 7.58. The normalized spacial score (nSPS) is 11.0. The Morgan fingerprint density at radius 2 is 1.62 bits per heavy atom. The van der Waals surface area contributed by atoms with Crippen molar-refractivity contribution in [3.05, 3.63) is 54.6 Å². The van der Waals surface area contributed by atoms with Crippen molar-refractivity contribution < 1.29 is 27.5 Å². The van der Waals surface area contributed by atoms with Crippen molar-refractivity contribution in [2.24, 2.45) is 0 Å². The van der Waals surface area contributed by atoms with Crippen molar-refractivity contribution in [2.75, 3.05) is 30.5 Å². The van der Waals surface area contributed by atoms with Crippen LogP contribution in [0, 0.1) is 0 Å².